The van der Waals surface area contributed by atoms with Gasteiger partial charge in [0, 0.05) is 52.0 Å². The van der Waals surface area contributed by atoms with Crippen LogP contribution in [0.2, 0.25) is 0 Å². The molecule has 0 aliphatic heterocycles. The second-order valence-corrected chi connectivity index (χ2v) is 14.0. The van der Waals surface area contributed by atoms with E-state index in [4.69, 9.17) is 15.3 Å². The summed E-state index contributed by atoms with van der Waals surface area (Å²) in [6.45, 7) is 6.74. The van der Waals surface area contributed by atoms with Crippen LogP contribution in [0.3, 0.4) is 0 Å². The van der Waals surface area contributed by atoms with Crippen LogP contribution in [-0.2, 0) is 47.1 Å². The Balaban J connectivity index is -0.000000307. The molecular weight excluding hydrogens is 689 g/mol. The molecule has 0 aromatic carbocycles. The van der Waals surface area contributed by atoms with Gasteiger partial charge in [-0.15, -0.1) is 0 Å². The molecule has 0 saturated carbocycles. The molecule has 6 nitrogen and oxygen atoms in total. The van der Waals surface area contributed by atoms with Gasteiger partial charge in [-0.05, 0) is 19.3 Å². The van der Waals surface area contributed by atoms with Gasteiger partial charge < -0.3 is 15.3 Å². The molecule has 1 radical (unpaired) electrons. The molecule has 0 unspecified atom stereocenters. The molecular formula is C42H84O6Y. The Kier molecular flexibility index (Phi) is 58.5. The number of carboxylic acids is 3. The van der Waals surface area contributed by atoms with Crippen LogP contribution in [0.5, 0.6) is 0 Å². The Hall–Kier alpha value is -0.486. The summed E-state index contributed by atoms with van der Waals surface area (Å²) in [5.74, 6) is -1.97. The minimum Gasteiger partial charge on any atom is -0.481 e. The first-order chi connectivity index (χ1) is 23.3. The maximum Gasteiger partial charge on any atom is 0.303 e. The van der Waals surface area contributed by atoms with Gasteiger partial charge in [-0.25, -0.2) is 0 Å². The number of carboxylic acid groups (broad SMARTS) is 3. The minimum atomic E-state index is -0.657. The van der Waals surface area contributed by atoms with Crippen LogP contribution < -0.4 is 0 Å². The molecule has 0 atom stereocenters. The smallest absolute Gasteiger partial charge is 0.303 e. The van der Waals surface area contributed by atoms with Gasteiger partial charge in [0.05, 0.1) is 0 Å². The van der Waals surface area contributed by atoms with Crippen LogP contribution in [0.15, 0.2) is 0 Å². The molecule has 0 bridgehead atoms. The van der Waals surface area contributed by atoms with Crippen LogP contribution in [0, 0.1) is 0 Å². The predicted molar refractivity (Wildman–Crippen MR) is 206 cm³/mol. The van der Waals surface area contributed by atoms with E-state index < -0.39 is 17.9 Å². The fraction of sp³-hybridized carbons (Fsp3) is 0.929. The van der Waals surface area contributed by atoms with Gasteiger partial charge in [0.25, 0.3) is 0 Å². The molecule has 3 N–H and O–H groups in total. The van der Waals surface area contributed by atoms with Crippen molar-refractivity contribution in [2.45, 2.75) is 252 Å². The van der Waals surface area contributed by atoms with Crippen molar-refractivity contribution < 1.29 is 62.4 Å². The van der Waals surface area contributed by atoms with E-state index in [0.717, 1.165) is 38.5 Å². The van der Waals surface area contributed by atoms with Crippen molar-refractivity contribution in [1.29, 1.82) is 0 Å². The number of carbonyl (C=O) groups is 3. The quantitative estimate of drug-likeness (QED) is 0.0547. The van der Waals surface area contributed by atoms with Crippen molar-refractivity contribution in [3.8, 4) is 0 Å². The van der Waals surface area contributed by atoms with E-state index in [1.54, 1.807) is 0 Å². The summed E-state index contributed by atoms with van der Waals surface area (Å²) in [6.07, 6.45) is 43.1. The minimum absolute atomic E-state index is 0. The number of unbranched alkanes of at least 4 members (excludes halogenated alkanes) is 30. The first kappa shape index (κ1) is 55.3. The van der Waals surface area contributed by atoms with E-state index >= 15 is 0 Å². The Labute approximate surface area is 330 Å². The first-order valence-corrected chi connectivity index (χ1v) is 21.0. The van der Waals surface area contributed by atoms with E-state index in [0.29, 0.717) is 19.3 Å². The average Bonchev–Trinajstić information content (AvgIpc) is 3.05. The predicted octanol–water partition coefficient (Wildman–Crippen LogP) is 14.3. The van der Waals surface area contributed by atoms with Gasteiger partial charge in [0.1, 0.15) is 0 Å². The van der Waals surface area contributed by atoms with Gasteiger partial charge >= 0.3 is 17.9 Å². The normalized spacial score (nSPS) is 10.3. The number of rotatable bonds is 36. The van der Waals surface area contributed by atoms with E-state index in [1.165, 1.54) is 173 Å². The van der Waals surface area contributed by atoms with Crippen LogP contribution in [0.1, 0.15) is 252 Å². The molecule has 0 rings (SSSR count). The van der Waals surface area contributed by atoms with Crippen LogP contribution >= 0.6 is 0 Å². The van der Waals surface area contributed by atoms with Crippen molar-refractivity contribution in [2.24, 2.45) is 0 Å². The number of aliphatic carboxylic acids is 3. The Morgan fingerprint density at radius 3 is 0.510 bits per heavy atom. The molecule has 0 spiro atoms. The second-order valence-electron chi connectivity index (χ2n) is 14.0. The van der Waals surface area contributed by atoms with Crippen molar-refractivity contribution in [1.82, 2.24) is 0 Å². The molecule has 0 fully saturated rings. The Bertz CT molecular complexity index is 557. The van der Waals surface area contributed by atoms with Gasteiger partial charge in [0.2, 0.25) is 0 Å². The first-order valence-electron chi connectivity index (χ1n) is 21.0. The fourth-order valence-corrected chi connectivity index (χ4v) is 5.82. The van der Waals surface area contributed by atoms with E-state index in [1.807, 2.05) is 0 Å². The van der Waals surface area contributed by atoms with Crippen molar-refractivity contribution in [3.05, 3.63) is 0 Å². The molecule has 0 aromatic heterocycles. The van der Waals surface area contributed by atoms with Gasteiger partial charge in [-0.2, -0.15) is 0 Å². The third kappa shape index (κ3) is 66.4. The largest absolute Gasteiger partial charge is 0.481 e. The summed E-state index contributed by atoms with van der Waals surface area (Å²) in [6, 6.07) is 0. The van der Waals surface area contributed by atoms with E-state index in [-0.39, 0.29) is 32.7 Å². The van der Waals surface area contributed by atoms with Crippen LogP contribution in [-0.4, -0.2) is 33.2 Å². The zero-order valence-corrected chi connectivity index (χ0v) is 35.9. The number of hydrogen-bond acceptors (Lipinski definition) is 3. The molecule has 49 heavy (non-hydrogen) atoms. The summed E-state index contributed by atoms with van der Waals surface area (Å²) in [5.41, 5.74) is 0. The third-order valence-electron chi connectivity index (χ3n) is 8.98. The Morgan fingerprint density at radius 1 is 0.265 bits per heavy atom. The Morgan fingerprint density at radius 2 is 0.388 bits per heavy atom. The van der Waals surface area contributed by atoms with Gasteiger partial charge in [-0.3, -0.25) is 14.4 Å². The maximum absolute atomic E-state index is 10.3. The zero-order chi connectivity index (χ0) is 36.2. The SMILES string of the molecule is CCCCCCCCCCCCCC(=O)O.CCCCCCCCCCCCCC(=O)O.CCCCCCCCCCCCCC(=O)O.[Y]. The summed E-state index contributed by atoms with van der Waals surface area (Å²) >= 11 is 0. The fourth-order valence-electron chi connectivity index (χ4n) is 5.82. The summed E-state index contributed by atoms with van der Waals surface area (Å²) in [5, 5.41) is 25.4. The summed E-state index contributed by atoms with van der Waals surface area (Å²) in [7, 11) is 0. The molecule has 0 aliphatic carbocycles. The average molecular weight is 774 g/mol. The third-order valence-corrected chi connectivity index (χ3v) is 8.98. The molecule has 7 heteroatoms. The van der Waals surface area contributed by atoms with Crippen LogP contribution in [0.4, 0.5) is 0 Å². The molecule has 0 saturated heterocycles. The van der Waals surface area contributed by atoms with Gasteiger partial charge in [-0.1, -0.05) is 213 Å². The zero-order valence-electron chi connectivity index (χ0n) is 33.1. The maximum atomic E-state index is 10.3. The molecule has 0 aliphatic rings. The molecule has 0 amide bonds. The van der Waals surface area contributed by atoms with Crippen molar-refractivity contribution in [3.63, 3.8) is 0 Å². The molecule has 0 aromatic rings. The molecule has 0 heterocycles. The number of hydrogen-bond donors (Lipinski definition) is 3. The van der Waals surface area contributed by atoms with Gasteiger partial charge in [0.15, 0.2) is 0 Å². The topological polar surface area (TPSA) is 112 Å². The van der Waals surface area contributed by atoms with Crippen LogP contribution in [0.25, 0.3) is 0 Å². The van der Waals surface area contributed by atoms with Crippen molar-refractivity contribution in [2.75, 3.05) is 0 Å². The van der Waals surface area contributed by atoms with Crippen molar-refractivity contribution >= 4 is 17.9 Å². The van der Waals surface area contributed by atoms with E-state index in [2.05, 4.69) is 20.8 Å². The monoisotopic (exact) mass is 774 g/mol. The molecule has 291 valence electrons. The van der Waals surface area contributed by atoms with E-state index in [9.17, 15) is 14.4 Å². The summed E-state index contributed by atoms with van der Waals surface area (Å²) < 4.78 is 0. The standard InChI is InChI=1S/3C14H28O2.Y/c3*1-2-3-4-5-6-7-8-9-10-11-12-13-14(15)16;/h3*2-13H2,1H3,(H,15,16);. The second kappa shape index (κ2) is 51.9. The summed E-state index contributed by atoms with van der Waals surface area (Å²) in [4.78, 5) is 30.8.